The first-order valence-electron chi connectivity index (χ1n) is 32.4. The Balaban J connectivity index is 4.21. The van der Waals surface area contributed by atoms with Crippen molar-refractivity contribution in [2.75, 3.05) is 13.2 Å². The molecule has 0 aliphatic rings. The molecule has 0 amide bonds. The number of hydrogen-bond acceptors (Lipinski definition) is 6. The van der Waals surface area contributed by atoms with Crippen molar-refractivity contribution in [2.24, 2.45) is 0 Å². The van der Waals surface area contributed by atoms with E-state index in [1.165, 1.54) is 193 Å². The summed E-state index contributed by atoms with van der Waals surface area (Å²) in [5, 5.41) is 0. The first-order chi connectivity index (χ1) is 37.0. The minimum absolute atomic E-state index is 0.0818. The van der Waals surface area contributed by atoms with Crippen LogP contribution in [-0.2, 0) is 28.6 Å². The number of carbonyl (C=O) groups is 3. The van der Waals surface area contributed by atoms with Crippen LogP contribution >= 0.6 is 0 Å². The second-order valence-corrected chi connectivity index (χ2v) is 21.6. The number of ether oxygens (including phenoxy) is 3. The van der Waals surface area contributed by atoms with Crippen LogP contribution in [0.5, 0.6) is 0 Å². The van der Waals surface area contributed by atoms with Crippen LogP contribution < -0.4 is 0 Å². The highest BCUT2D eigenvalue weighted by Crippen LogP contribution is 2.17. The SMILES string of the molecule is CC/C=C\C/C=C\C/C=C\CCCCCC(=O)OCC(COC(=O)CCCCCCCCCCCCCCCC/C=C\C/C=C\C/C=C\CCCCCCC)OC(=O)CCCCCCCCCCCCCCCCC. The van der Waals surface area contributed by atoms with E-state index in [1.54, 1.807) is 0 Å². The van der Waals surface area contributed by atoms with Crippen LogP contribution in [0.1, 0.15) is 329 Å². The van der Waals surface area contributed by atoms with Gasteiger partial charge in [0, 0.05) is 19.3 Å². The van der Waals surface area contributed by atoms with Crippen molar-refractivity contribution in [2.45, 2.75) is 335 Å². The first kappa shape index (κ1) is 71.8. The molecule has 1 atom stereocenters. The number of carbonyl (C=O) groups excluding carboxylic acids is 3. The molecule has 0 fully saturated rings. The molecule has 0 heterocycles. The predicted octanol–water partition coefficient (Wildman–Crippen LogP) is 22.1. The molecule has 0 aliphatic heterocycles. The highest BCUT2D eigenvalue weighted by molar-refractivity contribution is 5.71. The lowest BCUT2D eigenvalue weighted by molar-refractivity contribution is -0.167. The van der Waals surface area contributed by atoms with Gasteiger partial charge in [-0.15, -0.1) is 0 Å². The minimum Gasteiger partial charge on any atom is -0.462 e. The zero-order valence-electron chi connectivity index (χ0n) is 49.8. The van der Waals surface area contributed by atoms with E-state index in [-0.39, 0.29) is 31.1 Å². The van der Waals surface area contributed by atoms with E-state index in [2.05, 4.69) is 93.7 Å². The third kappa shape index (κ3) is 61.6. The highest BCUT2D eigenvalue weighted by Gasteiger charge is 2.19. The van der Waals surface area contributed by atoms with E-state index in [1.807, 2.05) is 0 Å². The number of hydrogen-bond donors (Lipinski definition) is 0. The van der Waals surface area contributed by atoms with Gasteiger partial charge in [0.2, 0.25) is 0 Å². The molecule has 0 saturated carbocycles. The Morgan fingerprint density at radius 1 is 0.280 bits per heavy atom. The molecular formula is C69H122O6. The van der Waals surface area contributed by atoms with Gasteiger partial charge in [-0.05, 0) is 89.9 Å². The van der Waals surface area contributed by atoms with Gasteiger partial charge < -0.3 is 14.2 Å². The number of unbranched alkanes of at least 4 members (excludes halogenated alkanes) is 36. The standard InChI is InChI=1S/C69H122O6/c1-4-7-10-13-16-19-22-25-27-28-29-30-31-32-33-34-35-36-37-38-39-40-42-44-47-50-53-56-59-62-68(71)74-65-66(64-73-67(70)61-58-55-52-49-46-43-24-21-18-15-12-9-6-3)75-69(72)63-60-57-54-51-48-45-41-26-23-20-17-14-11-8-5-2/h9,12,18,21-22,25,28-29,31-32,43,46,66H,4-8,10-11,13-17,19-20,23-24,26-27,30,33-42,44-45,47-65H2,1-3H3/b12-9-,21-18-,25-22-,29-28-,32-31-,46-43-. The maximum atomic E-state index is 12.9. The summed E-state index contributed by atoms with van der Waals surface area (Å²) in [6.07, 6.45) is 82.1. The fourth-order valence-corrected chi connectivity index (χ4v) is 9.35. The molecule has 0 aromatic carbocycles. The molecule has 0 aliphatic carbocycles. The van der Waals surface area contributed by atoms with E-state index in [4.69, 9.17) is 14.2 Å². The van der Waals surface area contributed by atoms with Crippen molar-refractivity contribution >= 4 is 17.9 Å². The van der Waals surface area contributed by atoms with E-state index in [0.717, 1.165) is 96.3 Å². The Morgan fingerprint density at radius 3 is 0.827 bits per heavy atom. The summed E-state index contributed by atoms with van der Waals surface area (Å²) in [5.74, 6) is -0.897. The average Bonchev–Trinajstić information content (AvgIpc) is 3.41. The summed E-state index contributed by atoms with van der Waals surface area (Å²) in [4.78, 5) is 38.2. The summed E-state index contributed by atoms with van der Waals surface area (Å²) < 4.78 is 16.9. The molecule has 1 unspecified atom stereocenters. The van der Waals surface area contributed by atoms with Crippen LogP contribution in [0, 0.1) is 0 Å². The first-order valence-corrected chi connectivity index (χ1v) is 32.4. The summed E-state index contributed by atoms with van der Waals surface area (Å²) in [7, 11) is 0. The van der Waals surface area contributed by atoms with Crippen LogP contribution in [-0.4, -0.2) is 37.2 Å². The number of rotatable bonds is 59. The van der Waals surface area contributed by atoms with E-state index >= 15 is 0 Å². The zero-order valence-corrected chi connectivity index (χ0v) is 49.8. The quantitative estimate of drug-likeness (QED) is 0.0261. The van der Waals surface area contributed by atoms with Crippen molar-refractivity contribution in [1.82, 2.24) is 0 Å². The van der Waals surface area contributed by atoms with Crippen LogP contribution in [0.3, 0.4) is 0 Å². The van der Waals surface area contributed by atoms with Gasteiger partial charge in [-0.2, -0.15) is 0 Å². The molecule has 0 rings (SSSR count). The van der Waals surface area contributed by atoms with Gasteiger partial charge in [-0.3, -0.25) is 14.4 Å². The van der Waals surface area contributed by atoms with Gasteiger partial charge in [0.05, 0.1) is 0 Å². The molecule has 6 heteroatoms. The Kier molecular flexibility index (Phi) is 60.7. The largest absolute Gasteiger partial charge is 0.462 e. The molecule has 434 valence electrons. The average molecular weight is 1050 g/mol. The molecule has 0 aromatic rings. The van der Waals surface area contributed by atoms with Gasteiger partial charge >= 0.3 is 17.9 Å². The van der Waals surface area contributed by atoms with Crippen molar-refractivity contribution in [3.63, 3.8) is 0 Å². The van der Waals surface area contributed by atoms with Crippen LogP contribution in [0.2, 0.25) is 0 Å². The third-order valence-electron chi connectivity index (χ3n) is 14.2. The monoisotopic (exact) mass is 1050 g/mol. The van der Waals surface area contributed by atoms with Crippen LogP contribution in [0.15, 0.2) is 72.9 Å². The molecule has 0 spiro atoms. The molecule has 0 N–H and O–H groups in total. The number of allylic oxidation sites excluding steroid dienone is 12. The molecule has 0 saturated heterocycles. The summed E-state index contributed by atoms with van der Waals surface area (Å²) in [6, 6.07) is 0. The predicted molar refractivity (Wildman–Crippen MR) is 325 cm³/mol. The molecular weight excluding hydrogens is 925 g/mol. The van der Waals surface area contributed by atoms with Crippen molar-refractivity contribution in [3.8, 4) is 0 Å². The fourth-order valence-electron chi connectivity index (χ4n) is 9.35. The lowest BCUT2D eigenvalue weighted by Crippen LogP contribution is -2.30. The Labute approximate surface area is 465 Å². The van der Waals surface area contributed by atoms with Crippen molar-refractivity contribution < 1.29 is 28.6 Å². The maximum absolute atomic E-state index is 12.9. The van der Waals surface area contributed by atoms with Gasteiger partial charge in [-0.25, -0.2) is 0 Å². The van der Waals surface area contributed by atoms with Crippen molar-refractivity contribution in [1.29, 1.82) is 0 Å². The lowest BCUT2D eigenvalue weighted by Gasteiger charge is -2.18. The Hall–Kier alpha value is -3.15. The zero-order chi connectivity index (χ0) is 54.3. The Bertz CT molecular complexity index is 1390. The van der Waals surface area contributed by atoms with Crippen LogP contribution in [0.4, 0.5) is 0 Å². The molecule has 75 heavy (non-hydrogen) atoms. The molecule has 0 bridgehead atoms. The maximum Gasteiger partial charge on any atom is 0.306 e. The van der Waals surface area contributed by atoms with E-state index in [9.17, 15) is 14.4 Å². The molecule has 6 nitrogen and oxygen atoms in total. The normalized spacial score (nSPS) is 12.5. The second kappa shape index (κ2) is 63.4. The second-order valence-electron chi connectivity index (χ2n) is 21.6. The lowest BCUT2D eigenvalue weighted by atomic mass is 10.0. The molecule has 0 radical (unpaired) electrons. The van der Waals surface area contributed by atoms with Gasteiger partial charge in [0.15, 0.2) is 6.10 Å². The van der Waals surface area contributed by atoms with Gasteiger partial charge in [-0.1, -0.05) is 293 Å². The Morgan fingerprint density at radius 2 is 0.520 bits per heavy atom. The van der Waals surface area contributed by atoms with E-state index < -0.39 is 6.10 Å². The minimum atomic E-state index is -0.786. The molecule has 0 aromatic heterocycles. The highest BCUT2D eigenvalue weighted by atomic mass is 16.6. The summed E-state index contributed by atoms with van der Waals surface area (Å²) in [5.41, 5.74) is 0. The van der Waals surface area contributed by atoms with E-state index in [0.29, 0.717) is 19.3 Å². The third-order valence-corrected chi connectivity index (χ3v) is 14.2. The summed E-state index contributed by atoms with van der Waals surface area (Å²) >= 11 is 0. The number of esters is 3. The van der Waals surface area contributed by atoms with Crippen molar-refractivity contribution in [3.05, 3.63) is 72.9 Å². The van der Waals surface area contributed by atoms with Gasteiger partial charge in [0.25, 0.3) is 0 Å². The smallest absolute Gasteiger partial charge is 0.306 e. The van der Waals surface area contributed by atoms with Gasteiger partial charge in [0.1, 0.15) is 13.2 Å². The summed E-state index contributed by atoms with van der Waals surface area (Å²) in [6.45, 7) is 6.53. The fraction of sp³-hybridized carbons (Fsp3) is 0.783. The topological polar surface area (TPSA) is 78.9 Å². The van der Waals surface area contributed by atoms with Crippen LogP contribution in [0.25, 0.3) is 0 Å².